The molecule has 0 saturated carbocycles. The monoisotopic (exact) mass is 237 g/mol. The van der Waals surface area contributed by atoms with Crippen molar-refractivity contribution in [2.45, 2.75) is 31.1 Å². The first-order valence-electron chi connectivity index (χ1n) is 5.00. The maximum absolute atomic E-state index is 10.8. The summed E-state index contributed by atoms with van der Waals surface area (Å²) in [6.45, 7) is 3.06. The van der Waals surface area contributed by atoms with E-state index in [9.17, 15) is 8.42 Å². The van der Waals surface area contributed by atoms with E-state index in [4.69, 9.17) is 0 Å². The standard InChI is InChI=1S/C9H19NO2S2/c1-8-6-9(7-13-8)10-4-3-5-14(2,11)12/h8-10H,3-7H2,1-2H3. The highest BCUT2D eigenvalue weighted by atomic mass is 32.2. The Balaban J connectivity index is 2.05. The summed E-state index contributed by atoms with van der Waals surface area (Å²) in [6.07, 6.45) is 3.23. The van der Waals surface area contributed by atoms with Crippen LogP contribution in [-0.4, -0.2) is 44.0 Å². The van der Waals surface area contributed by atoms with Crippen LogP contribution in [0.1, 0.15) is 19.8 Å². The normalized spacial score (nSPS) is 28.1. The highest BCUT2D eigenvalue weighted by molar-refractivity contribution is 8.00. The largest absolute Gasteiger partial charge is 0.313 e. The van der Waals surface area contributed by atoms with Crippen molar-refractivity contribution in [3.05, 3.63) is 0 Å². The van der Waals surface area contributed by atoms with Gasteiger partial charge in [0.05, 0.1) is 5.75 Å². The molecule has 0 aromatic carbocycles. The third-order valence-electron chi connectivity index (χ3n) is 2.32. The lowest BCUT2D eigenvalue weighted by Crippen LogP contribution is -2.30. The molecule has 0 aliphatic carbocycles. The number of sulfone groups is 1. The molecule has 0 aromatic heterocycles. The van der Waals surface area contributed by atoms with Gasteiger partial charge in [-0.3, -0.25) is 0 Å². The zero-order chi connectivity index (χ0) is 10.6. The molecular weight excluding hydrogens is 218 g/mol. The Morgan fingerprint density at radius 1 is 1.50 bits per heavy atom. The van der Waals surface area contributed by atoms with Gasteiger partial charge in [0.15, 0.2) is 0 Å². The average Bonchev–Trinajstić information content (AvgIpc) is 2.44. The predicted molar refractivity (Wildman–Crippen MR) is 62.7 cm³/mol. The minimum atomic E-state index is -2.78. The lowest BCUT2D eigenvalue weighted by atomic mass is 10.2. The molecule has 1 heterocycles. The number of rotatable bonds is 5. The van der Waals surface area contributed by atoms with Crippen LogP contribution >= 0.6 is 11.8 Å². The smallest absolute Gasteiger partial charge is 0.147 e. The van der Waals surface area contributed by atoms with Crippen molar-refractivity contribution >= 4 is 21.6 Å². The van der Waals surface area contributed by atoms with E-state index in [2.05, 4.69) is 12.2 Å². The molecule has 0 radical (unpaired) electrons. The van der Waals surface area contributed by atoms with Gasteiger partial charge in [0.2, 0.25) is 0 Å². The van der Waals surface area contributed by atoms with Crippen LogP contribution in [0.4, 0.5) is 0 Å². The fourth-order valence-electron chi connectivity index (χ4n) is 1.60. The molecule has 1 aliphatic heterocycles. The van der Waals surface area contributed by atoms with Crippen LogP contribution < -0.4 is 5.32 Å². The van der Waals surface area contributed by atoms with E-state index < -0.39 is 9.84 Å². The molecule has 0 aromatic rings. The van der Waals surface area contributed by atoms with Crippen LogP contribution in [0.5, 0.6) is 0 Å². The zero-order valence-corrected chi connectivity index (χ0v) is 10.5. The Hall–Kier alpha value is 0.260. The van der Waals surface area contributed by atoms with Gasteiger partial charge in [0, 0.05) is 23.3 Å². The second-order valence-electron chi connectivity index (χ2n) is 4.01. The lowest BCUT2D eigenvalue weighted by Gasteiger charge is -2.10. The van der Waals surface area contributed by atoms with Crippen LogP contribution in [0, 0.1) is 0 Å². The van der Waals surface area contributed by atoms with Crippen LogP contribution in [0.2, 0.25) is 0 Å². The molecule has 1 fully saturated rings. The SMILES string of the molecule is CC1CC(NCCCS(C)(=O)=O)CS1. The Morgan fingerprint density at radius 2 is 2.21 bits per heavy atom. The van der Waals surface area contributed by atoms with Crippen molar-refractivity contribution < 1.29 is 8.42 Å². The van der Waals surface area contributed by atoms with Crippen molar-refractivity contribution in [3.63, 3.8) is 0 Å². The summed E-state index contributed by atoms with van der Waals surface area (Å²) in [5.74, 6) is 1.47. The summed E-state index contributed by atoms with van der Waals surface area (Å²) >= 11 is 1.99. The summed E-state index contributed by atoms with van der Waals surface area (Å²) in [6, 6.07) is 0.592. The molecule has 1 saturated heterocycles. The molecule has 14 heavy (non-hydrogen) atoms. The van der Waals surface area contributed by atoms with Gasteiger partial charge in [-0.2, -0.15) is 11.8 Å². The topological polar surface area (TPSA) is 46.2 Å². The van der Waals surface area contributed by atoms with Crippen molar-refractivity contribution in [2.75, 3.05) is 24.3 Å². The Morgan fingerprint density at radius 3 is 2.71 bits per heavy atom. The number of hydrogen-bond donors (Lipinski definition) is 1. The first-order chi connectivity index (χ1) is 6.47. The van der Waals surface area contributed by atoms with E-state index in [0.29, 0.717) is 11.8 Å². The molecule has 3 nitrogen and oxygen atoms in total. The van der Waals surface area contributed by atoms with Gasteiger partial charge < -0.3 is 5.32 Å². The highest BCUT2D eigenvalue weighted by Crippen LogP contribution is 2.25. The van der Waals surface area contributed by atoms with E-state index >= 15 is 0 Å². The van der Waals surface area contributed by atoms with Gasteiger partial charge >= 0.3 is 0 Å². The second kappa shape index (κ2) is 5.37. The molecular formula is C9H19NO2S2. The summed E-state index contributed by atoms with van der Waals surface area (Å²) < 4.78 is 21.7. The van der Waals surface area contributed by atoms with Gasteiger partial charge in [-0.25, -0.2) is 8.42 Å². The molecule has 0 spiro atoms. The van der Waals surface area contributed by atoms with Gasteiger partial charge in [-0.15, -0.1) is 0 Å². The molecule has 84 valence electrons. The number of nitrogens with one attached hydrogen (secondary N) is 1. The second-order valence-corrected chi connectivity index (χ2v) is 7.75. The highest BCUT2D eigenvalue weighted by Gasteiger charge is 2.20. The van der Waals surface area contributed by atoms with Gasteiger partial charge in [-0.1, -0.05) is 6.92 Å². The maximum atomic E-state index is 10.8. The molecule has 0 bridgehead atoms. The van der Waals surface area contributed by atoms with Crippen LogP contribution in [-0.2, 0) is 9.84 Å². The number of thioether (sulfide) groups is 1. The Bertz CT molecular complexity index is 264. The quantitative estimate of drug-likeness (QED) is 0.722. The fraction of sp³-hybridized carbons (Fsp3) is 1.00. The fourth-order valence-corrected chi connectivity index (χ4v) is 3.45. The Kier molecular flexibility index (Phi) is 4.73. The number of hydrogen-bond acceptors (Lipinski definition) is 4. The van der Waals surface area contributed by atoms with Gasteiger partial charge in [-0.05, 0) is 19.4 Å². The average molecular weight is 237 g/mol. The van der Waals surface area contributed by atoms with Gasteiger partial charge in [0.1, 0.15) is 9.84 Å². The van der Waals surface area contributed by atoms with E-state index in [1.54, 1.807) is 0 Å². The van der Waals surface area contributed by atoms with Crippen molar-refractivity contribution in [1.82, 2.24) is 5.32 Å². The third kappa shape index (κ3) is 5.22. The van der Waals surface area contributed by atoms with E-state index in [-0.39, 0.29) is 0 Å². The molecule has 2 atom stereocenters. The van der Waals surface area contributed by atoms with Crippen LogP contribution in [0.3, 0.4) is 0 Å². The van der Waals surface area contributed by atoms with Gasteiger partial charge in [0.25, 0.3) is 0 Å². The summed E-state index contributed by atoms with van der Waals surface area (Å²) in [5.41, 5.74) is 0. The molecule has 0 amide bonds. The van der Waals surface area contributed by atoms with E-state index in [1.807, 2.05) is 11.8 Å². The lowest BCUT2D eigenvalue weighted by molar-refractivity contribution is 0.534. The molecule has 2 unspecified atom stereocenters. The molecule has 1 rings (SSSR count). The maximum Gasteiger partial charge on any atom is 0.147 e. The molecule has 5 heteroatoms. The van der Waals surface area contributed by atoms with E-state index in [1.165, 1.54) is 18.4 Å². The summed E-state index contributed by atoms with van der Waals surface area (Å²) in [5, 5.41) is 4.15. The summed E-state index contributed by atoms with van der Waals surface area (Å²) in [4.78, 5) is 0. The third-order valence-corrected chi connectivity index (χ3v) is 4.71. The summed E-state index contributed by atoms with van der Waals surface area (Å²) in [7, 11) is -2.78. The van der Waals surface area contributed by atoms with E-state index in [0.717, 1.165) is 18.2 Å². The Labute approximate surface area is 91.0 Å². The molecule has 1 N–H and O–H groups in total. The van der Waals surface area contributed by atoms with Crippen molar-refractivity contribution in [1.29, 1.82) is 0 Å². The van der Waals surface area contributed by atoms with Crippen molar-refractivity contribution in [2.24, 2.45) is 0 Å². The predicted octanol–water partition coefficient (Wildman–Crippen LogP) is 0.905. The van der Waals surface area contributed by atoms with Crippen molar-refractivity contribution in [3.8, 4) is 0 Å². The minimum absolute atomic E-state index is 0.301. The first kappa shape index (κ1) is 12.3. The van der Waals surface area contributed by atoms with Crippen LogP contribution in [0.15, 0.2) is 0 Å². The first-order valence-corrected chi connectivity index (χ1v) is 8.11. The minimum Gasteiger partial charge on any atom is -0.313 e. The zero-order valence-electron chi connectivity index (χ0n) is 8.82. The molecule has 1 aliphatic rings. The van der Waals surface area contributed by atoms with Crippen LogP contribution in [0.25, 0.3) is 0 Å².